The van der Waals surface area contributed by atoms with Gasteiger partial charge in [0, 0.05) is 12.3 Å². The third-order valence-electron chi connectivity index (χ3n) is 2.12. The molecule has 0 saturated carbocycles. The van der Waals surface area contributed by atoms with Gasteiger partial charge >= 0.3 is 0 Å². The number of rotatable bonds is 6. The number of sulfone groups is 1. The Morgan fingerprint density at radius 1 is 1.40 bits per heavy atom. The van der Waals surface area contributed by atoms with Crippen LogP contribution in [0.5, 0.6) is 0 Å². The Bertz CT molecular complexity index is 395. The number of hydrogen-bond acceptors (Lipinski definition) is 4. The van der Waals surface area contributed by atoms with E-state index in [0.717, 1.165) is 11.5 Å². The molecular weight excluding hydrogens is 214 g/mol. The summed E-state index contributed by atoms with van der Waals surface area (Å²) < 4.78 is 27.6. The van der Waals surface area contributed by atoms with Crippen LogP contribution >= 0.6 is 0 Å². The van der Waals surface area contributed by atoms with Crippen molar-refractivity contribution >= 4 is 9.84 Å². The summed E-state index contributed by atoms with van der Waals surface area (Å²) in [4.78, 5) is 0. The van der Waals surface area contributed by atoms with E-state index in [4.69, 9.17) is 4.42 Å². The molecule has 1 aromatic heterocycles. The van der Waals surface area contributed by atoms with Gasteiger partial charge in [-0.2, -0.15) is 0 Å². The normalized spacial score (nSPS) is 11.9. The van der Waals surface area contributed by atoms with E-state index in [2.05, 4.69) is 5.32 Å². The Morgan fingerprint density at radius 2 is 2.13 bits per heavy atom. The fourth-order valence-corrected chi connectivity index (χ4v) is 1.91. The van der Waals surface area contributed by atoms with Crippen LogP contribution in [0, 0.1) is 6.92 Å². The zero-order chi connectivity index (χ0) is 11.3. The Hall–Kier alpha value is -0.810. The minimum Gasteiger partial charge on any atom is -0.465 e. The molecular formula is C10H17NO3S. The minimum absolute atomic E-state index is 0.184. The molecule has 0 radical (unpaired) electrons. The van der Waals surface area contributed by atoms with Gasteiger partial charge in [0.25, 0.3) is 0 Å². The van der Waals surface area contributed by atoms with E-state index in [1.165, 1.54) is 0 Å². The van der Waals surface area contributed by atoms with Crippen molar-refractivity contribution in [1.82, 2.24) is 5.32 Å². The van der Waals surface area contributed by atoms with Gasteiger partial charge in [-0.05, 0) is 19.1 Å². The van der Waals surface area contributed by atoms with Crippen LogP contribution in [0.3, 0.4) is 0 Å². The second kappa shape index (κ2) is 5.32. The first-order valence-corrected chi connectivity index (χ1v) is 6.82. The molecule has 0 amide bonds. The average Bonchev–Trinajstić information content (AvgIpc) is 2.59. The summed E-state index contributed by atoms with van der Waals surface area (Å²) in [7, 11) is -2.86. The van der Waals surface area contributed by atoms with Crippen LogP contribution in [-0.4, -0.2) is 26.5 Å². The molecule has 15 heavy (non-hydrogen) atoms. The summed E-state index contributed by atoms with van der Waals surface area (Å²) in [5, 5.41) is 3.03. The van der Waals surface area contributed by atoms with E-state index >= 15 is 0 Å². The first-order valence-electron chi connectivity index (χ1n) is 5.00. The van der Waals surface area contributed by atoms with Crippen molar-refractivity contribution in [2.75, 3.05) is 18.1 Å². The van der Waals surface area contributed by atoms with Gasteiger partial charge in [0.15, 0.2) is 9.84 Å². The molecule has 0 spiro atoms. The van der Waals surface area contributed by atoms with E-state index in [0.29, 0.717) is 13.1 Å². The molecule has 4 nitrogen and oxygen atoms in total. The zero-order valence-electron chi connectivity index (χ0n) is 9.12. The van der Waals surface area contributed by atoms with Crippen LogP contribution in [0.15, 0.2) is 16.5 Å². The molecule has 0 unspecified atom stereocenters. The maximum Gasteiger partial charge on any atom is 0.151 e. The largest absolute Gasteiger partial charge is 0.465 e. The highest BCUT2D eigenvalue weighted by Crippen LogP contribution is 2.05. The van der Waals surface area contributed by atoms with Crippen molar-refractivity contribution in [2.45, 2.75) is 20.4 Å². The molecule has 5 heteroatoms. The maximum atomic E-state index is 11.2. The van der Waals surface area contributed by atoms with Gasteiger partial charge in [0.05, 0.1) is 12.3 Å². The van der Waals surface area contributed by atoms with Crippen LogP contribution in [0.1, 0.15) is 18.4 Å². The van der Waals surface area contributed by atoms with E-state index in [-0.39, 0.29) is 11.5 Å². The van der Waals surface area contributed by atoms with E-state index in [9.17, 15) is 8.42 Å². The first kappa shape index (κ1) is 12.3. The highest BCUT2D eigenvalue weighted by atomic mass is 32.2. The SMILES string of the molecule is CCS(=O)(=O)CCNCc1ccc(C)o1. The number of aryl methyl sites for hydroxylation is 1. The van der Waals surface area contributed by atoms with Gasteiger partial charge in [-0.3, -0.25) is 0 Å². The van der Waals surface area contributed by atoms with Crippen molar-refractivity contribution in [3.8, 4) is 0 Å². The maximum absolute atomic E-state index is 11.2. The summed E-state index contributed by atoms with van der Waals surface area (Å²) in [5.74, 6) is 2.09. The zero-order valence-corrected chi connectivity index (χ0v) is 9.93. The fraction of sp³-hybridized carbons (Fsp3) is 0.600. The Morgan fingerprint density at radius 3 is 2.67 bits per heavy atom. The second-order valence-corrected chi connectivity index (χ2v) is 5.90. The molecule has 0 aliphatic carbocycles. The summed E-state index contributed by atoms with van der Waals surface area (Å²) in [6.07, 6.45) is 0. The molecule has 86 valence electrons. The van der Waals surface area contributed by atoms with Gasteiger partial charge in [-0.25, -0.2) is 8.42 Å². The molecule has 0 bridgehead atoms. The molecule has 1 N–H and O–H groups in total. The molecule has 0 aromatic carbocycles. The van der Waals surface area contributed by atoms with Crippen molar-refractivity contribution in [1.29, 1.82) is 0 Å². The van der Waals surface area contributed by atoms with Gasteiger partial charge in [-0.1, -0.05) is 6.92 Å². The van der Waals surface area contributed by atoms with Crippen molar-refractivity contribution < 1.29 is 12.8 Å². The third-order valence-corrected chi connectivity index (χ3v) is 3.83. The van der Waals surface area contributed by atoms with Gasteiger partial charge in [0.1, 0.15) is 11.5 Å². The Labute approximate surface area is 90.6 Å². The summed E-state index contributed by atoms with van der Waals surface area (Å²) in [5.41, 5.74) is 0. The van der Waals surface area contributed by atoms with Crippen LogP contribution in [0.4, 0.5) is 0 Å². The monoisotopic (exact) mass is 231 g/mol. The predicted octanol–water partition coefficient (Wildman–Crippen LogP) is 1.11. The van der Waals surface area contributed by atoms with Crippen molar-refractivity contribution in [2.24, 2.45) is 0 Å². The molecule has 0 aliphatic heterocycles. The summed E-state index contributed by atoms with van der Waals surface area (Å²) >= 11 is 0. The quantitative estimate of drug-likeness (QED) is 0.745. The van der Waals surface area contributed by atoms with Crippen LogP contribution in [0.25, 0.3) is 0 Å². The third kappa shape index (κ3) is 4.48. The Balaban J connectivity index is 2.23. The van der Waals surface area contributed by atoms with E-state index in [1.807, 2.05) is 19.1 Å². The average molecular weight is 231 g/mol. The predicted molar refractivity (Wildman–Crippen MR) is 59.5 cm³/mol. The summed E-state index contributed by atoms with van der Waals surface area (Å²) in [6.45, 7) is 4.58. The lowest BCUT2D eigenvalue weighted by Gasteiger charge is -2.02. The molecule has 0 saturated heterocycles. The van der Waals surface area contributed by atoms with Gasteiger partial charge in [-0.15, -0.1) is 0 Å². The molecule has 0 fully saturated rings. The standard InChI is InChI=1S/C10H17NO3S/c1-3-15(12,13)7-6-11-8-10-5-4-9(2)14-10/h4-5,11H,3,6-8H2,1-2H3. The number of hydrogen-bond donors (Lipinski definition) is 1. The van der Waals surface area contributed by atoms with E-state index < -0.39 is 9.84 Å². The van der Waals surface area contributed by atoms with Crippen molar-refractivity contribution in [3.05, 3.63) is 23.7 Å². The lowest BCUT2D eigenvalue weighted by Crippen LogP contribution is -2.23. The lowest BCUT2D eigenvalue weighted by molar-refractivity contribution is 0.465. The summed E-state index contributed by atoms with van der Waals surface area (Å²) in [6, 6.07) is 3.77. The highest BCUT2D eigenvalue weighted by molar-refractivity contribution is 7.91. The van der Waals surface area contributed by atoms with Crippen molar-refractivity contribution in [3.63, 3.8) is 0 Å². The van der Waals surface area contributed by atoms with Gasteiger partial charge < -0.3 is 9.73 Å². The first-order chi connectivity index (χ1) is 7.03. The molecule has 1 heterocycles. The second-order valence-electron chi connectivity index (χ2n) is 3.43. The fourth-order valence-electron chi connectivity index (χ4n) is 1.16. The molecule has 1 aromatic rings. The topological polar surface area (TPSA) is 59.3 Å². The molecule has 1 rings (SSSR count). The van der Waals surface area contributed by atoms with Gasteiger partial charge in [0.2, 0.25) is 0 Å². The number of furan rings is 1. The Kier molecular flexibility index (Phi) is 4.35. The lowest BCUT2D eigenvalue weighted by atomic mass is 10.4. The van der Waals surface area contributed by atoms with Crippen LogP contribution in [0.2, 0.25) is 0 Å². The van der Waals surface area contributed by atoms with Crippen LogP contribution in [-0.2, 0) is 16.4 Å². The molecule has 0 atom stereocenters. The highest BCUT2D eigenvalue weighted by Gasteiger charge is 2.06. The number of nitrogens with one attached hydrogen (secondary N) is 1. The minimum atomic E-state index is -2.86. The smallest absolute Gasteiger partial charge is 0.151 e. The van der Waals surface area contributed by atoms with Crippen LogP contribution < -0.4 is 5.32 Å². The van der Waals surface area contributed by atoms with E-state index in [1.54, 1.807) is 6.92 Å². The molecule has 0 aliphatic rings.